The van der Waals surface area contributed by atoms with Gasteiger partial charge in [-0.3, -0.25) is 4.90 Å². The van der Waals surface area contributed by atoms with Crippen molar-refractivity contribution in [3.8, 4) is 0 Å². The number of aliphatic hydroxyl groups excluding tert-OH is 1. The number of nitrogens with zero attached hydrogens (tertiary/aromatic N) is 2. The smallest absolute Gasteiger partial charge is 0.0757 e. The molecule has 2 rings (SSSR count). The third-order valence-electron chi connectivity index (χ3n) is 3.48. The Balaban J connectivity index is 1.73. The quantitative estimate of drug-likeness (QED) is 0.861. The van der Waals surface area contributed by atoms with E-state index in [-0.39, 0.29) is 6.10 Å². The van der Waals surface area contributed by atoms with E-state index in [0.717, 1.165) is 44.2 Å². The van der Waals surface area contributed by atoms with Crippen molar-refractivity contribution in [1.82, 2.24) is 4.90 Å². The van der Waals surface area contributed by atoms with Gasteiger partial charge in [0.25, 0.3) is 0 Å². The monoisotopic (exact) mass is 280 g/mol. The SMILES string of the molecule is CCSC[C@H](O)CN1CCN(c2ccccc2)CC1. The number of para-hydroxylation sites is 1. The van der Waals surface area contributed by atoms with Gasteiger partial charge in [-0.1, -0.05) is 25.1 Å². The van der Waals surface area contributed by atoms with Crippen molar-refractivity contribution >= 4 is 17.4 Å². The first-order chi connectivity index (χ1) is 9.29. The first-order valence-corrected chi connectivity index (χ1v) is 8.23. The molecule has 1 aromatic carbocycles. The molecule has 1 fully saturated rings. The summed E-state index contributed by atoms with van der Waals surface area (Å²) in [6.45, 7) is 7.15. The Morgan fingerprint density at radius 3 is 2.47 bits per heavy atom. The number of rotatable bonds is 6. The van der Waals surface area contributed by atoms with Gasteiger partial charge in [-0.2, -0.15) is 11.8 Å². The van der Waals surface area contributed by atoms with E-state index >= 15 is 0 Å². The summed E-state index contributed by atoms with van der Waals surface area (Å²) in [7, 11) is 0. The van der Waals surface area contributed by atoms with Crippen LogP contribution in [-0.4, -0.2) is 60.3 Å². The summed E-state index contributed by atoms with van der Waals surface area (Å²) in [6, 6.07) is 10.6. The molecule has 0 saturated carbocycles. The van der Waals surface area contributed by atoms with E-state index in [1.807, 2.05) is 11.8 Å². The van der Waals surface area contributed by atoms with Gasteiger partial charge in [0.2, 0.25) is 0 Å². The van der Waals surface area contributed by atoms with Crippen LogP contribution >= 0.6 is 11.8 Å². The van der Waals surface area contributed by atoms with Gasteiger partial charge in [-0.25, -0.2) is 0 Å². The summed E-state index contributed by atoms with van der Waals surface area (Å²) in [5, 5.41) is 9.94. The minimum Gasteiger partial charge on any atom is -0.391 e. The fourth-order valence-corrected chi connectivity index (χ4v) is 3.05. The lowest BCUT2D eigenvalue weighted by molar-refractivity contribution is 0.126. The Morgan fingerprint density at radius 2 is 1.84 bits per heavy atom. The number of anilines is 1. The molecule has 1 N–H and O–H groups in total. The maximum absolute atomic E-state index is 9.94. The molecular formula is C15H24N2OS. The van der Waals surface area contributed by atoms with Crippen LogP contribution in [0.4, 0.5) is 5.69 Å². The molecule has 0 unspecified atom stereocenters. The van der Waals surface area contributed by atoms with Crippen molar-refractivity contribution in [3.63, 3.8) is 0 Å². The Hall–Kier alpha value is -0.710. The van der Waals surface area contributed by atoms with Crippen LogP contribution in [0.25, 0.3) is 0 Å². The second-order valence-corrected chi connectivity index (χ2v) is 6.26. The predicted molar refractivity (Wildman–Crippen MR) is 84.1 cm³/mol. The fraction of sp³-hybridized carbons (Fsp3) is 0.600. The zero-order valence-corrected chi connectivity index (χ0v) is 12.5. The van der Waals surface area contributed by atoms with Crippen molar-refractivity contribution in [2.45, 2.75) is 13.0 Å². The molecule has 0 amide bonds. The van der Waals surface area contributed by atoms with Crippen molar-refractivity contribution < 1.29 is 5.11 Å². The van der Waals surface area contributed by atoms with Gasteiger partial charge in [0.05, 0.1) is 6.10 Å². The normalized spacial score (nSPS) is 18.5. The second kappa shape index (κ2) is 7.78. The molecule has 1 saturated heterocycles. The van der Waals surface area contributed by atoms with Crippen molar-refractivity contribution in [1.29, 1.82) is 0 Å². The summed E-state index contributed by atoms with van der Waals surface area (Å²) in [4.78, 5) is 4.80. The highest BCUT2D eigenvalue weighted by atomic mass is 32.2. The summed E-state index contributed by atoms with van der Waals surface area (Å²) >= 11 is 1.82. The van der Waals surface area contributed by atoms with E-state index < -0.39 is 0 Å². The number of piperazine rings is 1. The minimum atomic E-state index is -0.187. The first-order valence-electron chi connectivity index (χ1n) is 7.07. The Morgan fingerprint density at radius 1 is 1.16 bits per heavy atom. The molecule has 106 valence electrons. The van der Waals surface area contributed by atoms with Crippen LogP contribution in [0.2, 0.25) is 0 Å². The van der Waals surface area contributed by atoms with Gasteiger partial charge < -0.3 is 10.0 Å². The highest BCUT2D eigenvalue weighted by Gasteiger charge is 2.19. The van der Waals surface area contributed by atoms with Gasteiger partial charge >= 0.3 is 0 Å². The third kappa shape index (κ3) is 4.71. The number of β-amino-alcohol motifs (C(OH)–C–C–N with tert-alkyl or cyclic N) is 1. The maximum Gasteiger partial charge on any atom is 0.0757 e. The van der Waals surface area contributed by atoms with Gasteiger partial charge in [-0.15, -0.1) is 0 Å². The van der Waals surface area contributed by atoms with Crippen LogP contribution in [0.5, 0.6) is 0 Å². The Kier molecular flexibility index (Phi) is 6.01. The summed E-state index contributed by atoms with van der Waals surface area (Å²) < 4.78 is 0. The highest BCUT2D eigenvalue weighted by Crippen LogP contribution is 2.15. The fourth-order valence-electron chi connectivity index (χ4n) is 2.43. The van der Waals surface area contributed by atoms with E-state index in [2.05, 4.69) is 47.1 Å². The van der Waals surface area contributed by atoms with Crippen molar-refractivity contribution in [3.05, 3.63) is 30.3 Å². The molecule has 1 aliphatic heterocycles. The van der Waals surface area contributed by atoms with Gasteiger partial charge in [0.1, 0.15) is 0 Å². The summed E-state index contributed by atoms with van der Waals surface area (Å²) in [6.07, 6.45) is -0.187. The lowest BCUT2D eigenvalue weighted by Gasteiger charge is -2.36. The van der Waals surface area contributed by atoms with Crippen LogP contribution in [0, 0.1) is 0 Å². The molecule has 1 atom stereocenters. The minimum absolute atomic E-state index is 0.187. The van der Waals surface area contributed by atoms with Crippen LogP contribution in [0.1, 0.15) is 6.92 Å². The summed E-state index contributed by atoms with van der Waals surface area (Å²) in [5.74, 6) is 1.94. The maximum atomic E-state index is 9.94. The molecule has 0 spiro atoms. The number of hydrogen-bond acceptors (Lipinski definition) is 4. The first kappa shape index (κ1) is 14.7. The molecular weight excluding hydrogens is 256 g/mol. The van der Waals surface area contributed by atoms with Crippen molar-refractivity contribution in [2.75, 3.05) is 49.1 Å². The number of benzene rings is 1. The molecule has 3 nitrogen and oxygen atoms in total. The molecule has 1 aliphatic rings. The highest BCUT2D eigenvalue weighted by molar-refractivity contribution is 7.99. The van der Waals surface area contributed by atoms with E-state index in [9.17, 15) is 5.11 Å². The lowest BCUT2D eigenvalue weighted by atomic mass is 10.2. The average molecular weight is 280 g/mol. The molecule has 4 heteroatoms. The van der Waals surface area contributed by atoms with Crippen LogP contribution in [-0.2, 0) is 0 Å². The van der Waals surface area contributed by atoms with Crippen LogP contribution in [0.3, 0.4) is 0 Å². The predicted octanol–water partition coefficient (Wildman–Crippen LogP) is 1.92. The molecule has 19 heavy (non-hydrogen) atoms. The topological polar surface area (TPSA) is 26.7 Å². The molecule has 0 radical (unpaired) electrons. The van der Waals surface area contributed by atoms with Gasteiger partial charge in [-0.05, 0) is 17.9 Å². The Bertz CT molecular complexity index is 352. The number of thioether (sulfide) groups is 1. The van der Waals surface area contributed by atoms with Crippen LogP contribution < -0.4 is 4.90 Å². The second-order valence-electron chi connectivity index (χ2n) is 4.94. The molecule has 0 aliphatic carbocycles. The largest absolute Gasteiger partial charge is 0.391 e. The standard InChI is InChI=1S/C15H24N2OS/c1-2-19-13-15(18)12-16-8-10-17(11-9-16)14-6-4-3-5-7-14/h3-7,15,18H,2,8-13H2,1H3/t15-/m1/s1. The van der Waals surface area contributed by atoms with Gasteiger partial charge in [0.15, 0.2) is 0 Å². The van der Waals surface area contributed by atoms with Crippen molar-refractivity contribution in [2.24, 2.45) is 0 Å². The summed E-state index contributed by atoms with van der Waals surface area (Å²) in [5.41, 5.74) is 1.31. The van der Waals surface area contributed by atoms with E-state index in [0.29, 0.717) is 0 Å². The zero-order chi connectivity index (χ0) is 13.5. The number of aliphatic hydroxyl groups is 1. The lowest BCUT2D eigenvalue weighted by Crippen LogP contribution is -2.48. The van der Waals surface area contributed by atoms with E-state index in [1.54, 1.807) is 0 Å². The average Bonchev–Trinajstić information content (AvgIpc) is 2.47. The zero-order valence-electron chi connectivity index (χ0n) is 11.7. The third-order valence-corrected chi connectivity index (χ3v) is 4.51. The molecule has 0 aromatic heterocycles. The van der Waals surface area contributed by atoms with E-state index in [1.165, 1.54) is 5.69 Å². The molecule has 1 aromatic rings. The molecule has 1 heterocycles. The molecule has 0 bridgehead atoms. The van der Waals surface area contributed by atoms with Crippen LogP contribution in [0.15, 0.2) is 30.3 Å². The van der Waals surface area contributed by atoms with E-state index in [4.69, 9.17) is 0 Å². The van der Waals surface area contributed by atoms with Gasteiger partial charge in [0, 0.05) is 44.2 Å². The Labute approximate surface area is 120 Å². The number of hydrogen-bond donors (Lipinski definition) is 1.